The van der Waals surface area contributed by atoms with E-state index in [1.165, 1.54) is 12.4 Å². The van der Waals surface area contributed by atoms with Crippen molar-refractivity contribution in [1.82, 2.24) is 9.97 Å². The molecule has 0 unspecified atom stereocenters. The minimum absolute atomic E-state index is 0. The summed E-state index contributed by atoms with van der Waals surface area (Å²) in [5, 5.41) is 0. The Kier molecular flexibility index (Phi) is 8.22. The number of oxazole rings is 2. The molecule has 0 atom stereocenters. The van der Waals surface area contributed by atoms with Gasteiger partial charge in [-0.05, 0) is 13.8 Å². The van der Waals surface area contributed by atoms with Crippen LogP contribution in [0.2, 0.25) is 0 Å². The fourth-order valence-corrected chi connectivity index (χ4v) is 1.90. The van der Waals surface area contributed by atoms with E-state index in [1.54, 1.807) is 0 Å². The molecule has 2 aromatic heterocycles. The molecule has 0 saturated heterocycles. The van der Waals surface area contributed by atoms with E-state index in [1.807, 2.05) is 32.0 Å². The third kappa shape index (κ3) is 4.71. The first-order valence-electron chi connectivity index (χ1n) is 7.00. The van der Waals surface area contributed by atoms with Crippen LogP contribution in [-0.4, -0.2) is 23.2 Å². The third-order valence-corrected chi connectivity index (χ3v) is 2.80. The SMILES string of the molecule is Br.CCOc1cnc(-c2[c-]c(-c3ncc(OCC)o3)ccc2)o1.[Pt]. The van der Waals surface area contributed by atoms with Gasteiger partial charge in [0, 0.05) is 21.1 Å². The van der Waals surface area contributed by atoms with Crippen LogP contribution in [0.25, 0.3) is 22.9 Å². The summed E-state index contributed by atoms with van der Waals surface area (Å²) in [4.78, 5) is 8.35. The molecule has 0 spiro atoms. The molecule has 0 aliphatic rings. The number of benzene rings is 1. The van der Waals surface area contributed by atoms with Crippen molar-refractivity contribution in [2.24, 2.45) is 0 Å². The van der Waals surface area contributed by atoms with E-state index in [2.05, 4.69) is 16.0 Å². The maximum atomic E-state index is 5.50. The fraction of sp³-hybridized carbons (Fsp3) is 0.250. The van der Waals surface area contributed by atoms with E-state index in [9.17, 15) is 0 Å². The van der Waals surface area contributed by atoms with Gasteiger partial charge in [0.1, 0.15) is 12.4 Å². The van der Waals surface area contributed by atoms with Gasteiger partial charge in [-0.15, -0.1) is 41.2 Å². The quantitative estimate of drug-likeness (QED) is 0.412. The van der Waals surface area contributed by atoms with E-state index in [0.29, 0.717) is 48.0 Å². The second kappa shape index (κ2) is 9.64. The Hall–Kier alpha value is -1.59. The minimum Gasteiger partial charge on any atom is -0.465 e. The molecule has 0 radical (unpaired) electrons. The molecule has 1 aromatic carbocycles. The van der Waals surface area contributed by atoms with Gasteiger partial charge in [0.05, 0.1) is 13.2 Å². The van der Waals surface area contributed by atoms with Crippen LogP contribution in [0, 0.1) is 6.07 Å². The molecule has 2 heterocycles. The minimum atomic E-state index is 0. The maximum Gasteiger partial charge on any atom is 0.297 e. The van der Waals surface area contributed by atoms with Gasteiger partial charge in [0.25, 0.3) is 11.9 Å². The fourth-order valence-electron chi connectivity index (χ4n) is 1.90. The van der Waals surface area contributed by atoms with Crippen LogP contribution in [0.5, 0.6) is 11.9 Å². The Morgan fingerprint density at radius 1 is 0.917 bits per heavy atom. The van der Waals surface area contributed by atoms with Crippen molar-refractivity contribution in [2.45, 2.75) is 13.8 Å². The Morgan fingerprint density at radius 3 is 1.79 bits per heavy atom. The van der Waals surface area contributed by atoms with Crippen LogP contribution in [0.3, 0.4) is 0 Å². The van der Waals surface area contributed by atoms with Crippen molar-refractivity contribution < 1.29 is 39.4 Å². The topological polar surface area (TPSA) is 70.5 Å². The number of hydrogen-bond donors (Lipinski definition) is 0. The Morgan fingerprint density at radius 2 is 1.38 bits per heavy atom. The number of hydrogen-bond acceptors (Lipinski definition) is 6. The van der Waals surface area contributed by atoms with E-state index < -0.39 is 0 Å². The van der Waals surface area contributed by atoms with Crippen LogP contribution >= 0.6 is 17.0 Å². The average molecular weight is 575 g/mol. The zero-order valence-electron chi connectivity index (χ0n) is 13.1. The van der Waals surface area contributed by atoms with Gasteiger partial charge in [-0.1, -0.05) is 11.1 Å². The summed E-state index contributed by atoms with van der Waals surface area (Å²) in [5.41, 5.74) is 1.39. The Labute approximate surface area is 164 Å². The van der Waals surface area contributed by atoms with E-state index in [4.69, 9.17) is 18.3 Å². The molecule has 0 aliphatic carbocycles. The summed E-state index contributed by atoms with van der Waals surface area (Å²) >= 11 is 0. The van der Waals surface area contributed by atoms with Gasteiger partial charge in [0.15, 0.2) is 11.8 Å². The molecular formula is C16H16BrN2O4Pt-. The average Bonchev–Trinajstić information content (AvgIpc) is 3.18. The van der Waals surface area contributed by atoms with Gasteiger partial charge in [0.2, 0.25) is 0 Å². The summed E-state index contributed by atoms with van der Waals surface area (Å²) < 4.78 is 21.5. The standard InChI is InChI=1S/C16H15N2O4.BrH.Pt/c1-3-19-13-9-17-15(21-13)11-6-5-7-12(8-11)16-18-10-14(22-16)20-4-2;;/h5-7,9-10H,3-4H2,1-2H3;1H;/q-1;;. The number of aromatic nitrogens is 2. The molecule has 0 fully saturated rings. The predicted octanol–water partition coefficient (Wildman–Crippen LogP) is 4.17. The molecular weight excluding hydrogens is 559 g/mol. The zero-order valence-corrected chi connectivity index (χ0v) is 17.0. The van der Waals surface area contributed by atoms with Gasteiger partial charge < -0.3 is 18.3 Å². The van der Waals surface area contributed by atoms with Gasteiger partial charge in [-0.3, -0.25) is 9.97 Å². The molecule has 0 saturated carbocycles. The van der Waals surface area contributed by atoms with Crippen molar-refractivity contribution in [1.29, 1.82) is 0 Å². The molecule has 3 rings (SSSR count). The molecule has 0 amide bonds. The molecule has 6 nitrogen and oxygen atoms in total. The Balaban J connectivity index is 0.00000144. The number of halogens is 1. The smallest absolute Gasteiger partial charge is 0.297 e. The molecule has 24 heavy (non-hydrogen) atoms. The second-order valence-electron chi connectivity index (χ2n) is 4.31. The van der Waals surface area contributed by atoms with Crippen LogP contribution < -0.4 is 9.47 Å². The number of ether oxygens (including phenoxy) is 2. The zero-order chi connectivity index (χ0) is 15.4. The van der Waals surface area contributed by atoms with E-state index >= 15 is 0 Å². The van der Waals surface area contributed by atoms with E-state index in [0.717, 1.165) is 0 Å². The van der Waals surface area contributed by atoms with E-state index in [-0.39, 0.29) is 38.0 Å². The summed E-state index contributed by atoms with van der Waals surface area (Å²) in [6.45, 7) is 4.81. The number of nitrogens with zero attached hydrogens (tertiary/aromatic N) is 2. The van der Waals surface area contributed by atoms with Gasteiger partial charge in [-0.25, -0.2) is 0 Å². The molecule has 0 N–H and O–H groups in total. The summed E-state index contributed by atoms with van der Waals surface area (Å²) in [7, 11) is 0. The van der Waals surface area contributed by atoms with Crippen molar-refractivity contribution in [3.8, 4) is 34.8 Å². The maximum absolute atomic E-state index is 5.50. The predicted molar refractivity (Wildman–Crippen MR) is 88.9 cm³/mol. The summed E-state index contributed by atoms with van der Waals surface area (Å²) in [5.74, 6) is 1.63. The molecule has 132 valence electrons. The van der Waals surface area contributed by atoms with Crippen LogP contribution in [0.15, 0.2) is 39.4 Å². The first-order chi connectivity index (χ1) is 10.8. The monoisotopic (exact) mass is 574 g/mol. The first-order valence-corrected chi connectivity index (χ1v) is 7.00. The third-order valence-electron chi connectivity index (χ3n) is 2.80. The largest absolute Gasteiger partial charge is 0.465 e. The van der Waals surface area contributed by atoms with Crippen LogP contribution in [-0.2, 0) is 21.1 Å². The van der Waals surface area contributed by atoms with Gasteiger partial charge >= 0.3 is 0 Å². The first kappa shape index (κ1) is 20.5. The van der Waals surface area contributed by atoms with Crippen molar-refractivity contribution in [3.63, 3.8) is 0 Å². The normalized spacial score (nSPS) is 9.75. The molecule has 0 bridgehead atoms. The molecule has 3 aromatic rings. The second-order valence-corrected chi connectivity index (χ2v) is 4.31. The molecule has 8 heteroatoms. The van der Waals surface area contributed by atoms with Crippen molar-refractivity contribution >= 4 is 17.0 Å². The number of rotatable bonds is 6. The van der Waals surface area contributed by atoms with Crippen molar-refractivity contribution in [3.05, 3.63) is 36.7 Å². The molecule has 0 aliphatic heterocycles. The van der Waals surface area contributed by atoms with Crippen LogP contribution in [0.1, 0.15) is 13.8 Å². The van der Waals surface area contributed by atoms with Crippen molar-refractivity contribution in [2.75, 3.05) is 13.2 Å². The van der Waals surface area contributed by atoms with Gasteiger partial charge in [-0.2, -0.15) is 0 Å². The Bertz CT molecular complexity index is 700. The van der Waals surface area contributed by atoms with Crippen LogP contribution in [0.4, 0.5) is 0 Å². The summed E-state index contributed by atoms with van der Waals surface area (Å²) in [6.07, 6.45) is 3.08. The summed E-state index contributed by atoms with van der Waals surface area (Å²) in [6, 6.07) is 8.71.